The van der Waals surface area contributed by atoms with Gasteiger partial charge in [0, 0.05) is 12.0 Å². The van der Waals surface area contributed by atoms with E-state index in [4.69, 9.17) is 5.21 Å². The van der Waals surface area contributed by atoms with Crippen LogP contribution < -0.4 is 5.32 Å². The van der Waals surface area contributed by atoms with E-state index in [-0.39, 0.29) is 11.7 Å². The van der Waals surface area contributed by atoms with Gasteiger partial charge in [0.1, 0.15) is 11.6 Å². The molecule has 3 nitrogen and oxygen atoms in total. The molecule has 1 aromatic rings. The largest absolute Gasteiger partial charge is 0.411 e. The third kappa shape index (κ3) is 1.74. The van der Waals surface area contributed by atoms with Gasteiger partial charge in [-0.05, 0) is 37.3 Å². The zero-order valence-corrected chi connectivity index (χ0v) is 9.74. The first-order valence-electron chi connectivity index (χ1n) is 6.12. The summed E-state index contributed by atoms with van der Waals surface area (Å²) in [5, 5.41) is 15.4. The van der Waals surface area contributed by atoms with Crippen molar-refractivity contribution in [1.82, 2.24) is 0 Å². The molecule has 0 radical (unpaired) electrons. The van der Waals surface area contributed by atoms with Gasteiger partial charge in [0.25, 0.3) is 0 Å². The van der Waals surface area contributed by atoms with E-state index in [1.807, 2.05) is 0 Å². The Balaban J connectivity index is 1.84. The lowest BCUT2D eigenvalue weighted by Crippen LogP contribution is -2.35. The van der Waals surface area contributed by atoms with Crippen molar-refractivity contribution in [3.63, 3.8) is 0 Å². The van der Waals surface area contributed by atoms with Crippen LogP contribution in [0.1, 0.15) is 19.3 Å². The normalized spacial score (nSPS) is 32.1. The molecule has 2 aliphatic carbocycles. The maximum atomic E-state index is 13.6. The van der Waals surface area contributed by atoms with Gasteiger partial charge in [-0.25, -0.2) is 8.78 Å². The number of halogens is 2. The predicted molar refractivity (Wildman–Crippen MR) is 63.8 cm³/mol. The number of rotatable bonds is 2. The van der Waals surface area contributed by atoms with Crippen molar-refractivity contribution in [3.8, 4) is 0 Å². The van der Waals surface area contributed by atoms with Crippen LogP contribution in [0.5, 0.6) is 0 Å². The number of hydrogen-bond acceptors (Lipinski definition) is 3. The molecule has 0 saturated heterocycles. The molecule has 96 valence electrons. The van der Waals surface area contributed by atoms with E-state index in [0.717, 1.165) is 25.3 Å². The fourth-order valence-electron chi connectivity index (χ4n) is 3.19. The van der Waals surface area contributed by atoms with Crippen molar-refractivity contribution in [3.05, 3.63) is 29.8 Å². The smallest absolute Gasteiger partial charge is 0.149 e. The minimum absolute atomic E-state index is 0.131. The van der Waals surface area contributed by atoms with Crippen molar-refractivity contribution in [2.45, 2.75) is 25.3 Å². The van der Waals surface area contributed by atoms with E-state index in [1.54, 1.807) is 0 Å². The average molecular weight is 252 g/mol. The quantitative estimate of drug-likeness (QED) is 0.627. The average Bonchev–Trinajstić information content (AvgIpc) is 2.93. The molecule has 0 amide bonds. The Morgan fingerprint density at radius 2 is 2.11 bits per heavy atom. The number of oxime groups is 1. The molecule has 5 heteroatoms. The van der Waals surface area contributed by atoms with Crippen LogP contribution >= 0.6 is 0 Å². The molecule has 2 fully saturated rings. The van der Waals surface area contributed by atoms with Crippen molar-refractivity contribution in [2.24, 2.45) is 17.0 Å². The van der Waals surface area contributed by atoms with Crippen LogP contribution in [-0.4, -0.2) is 17.0 Å². The van der Waals surface area contributed by atoms with Gasteiger partial charge in [0.2, 0.25) is 0 Å². The van der Waals surface area contributed by atoms with Gasteiger partial charge in [-0.1, -0.05) is 5.16 Å². The summed E-state index contributed by atoms with van der Waals surface area (Å²) >= 11 is 0. The van der Waals surface area contributed by atoms with Crippen LogP contribution in [0.25, 0.3) is 0 Å². The van der Waals surface area contributed by atoms with Crippen LogP contribution in [-0.2, 0) is 0 Å². The molecule has 2 N–H and O–H groups in total. The summed E-state index contributed by atoms with van der Waals surface area (Å²) in [5.74, 6) is -0.525. The van der Waals surface area contributed by atoms with Crippen molar-refractivity contribution >= 4 is 11.4 Å². The van der Waals surface area contributed by atoms with E-state index in [9.17, 15) is 8.78 Å². The molecular formula is C13H14F2N2O. The second-order valence-corrected chi connectivity index (χ2v) is 5.04. The van der Waals surface area contributed by atoms with Gasteiger partial charge in [-0.3, -0.25) is 0 Å². The summed E-state index contributed by atoms with van der Waals surface area (Å²) in [7, 11) is 0. The number of nitrogens with one attached hydrogen (secondary N) is 1. The lowest BCUT2D eigenvalue weighted by atomic mass is 9.93. The highest BCUT2D eigenvalue weighted by Gasteiger charge is 2.45. The van der Waals surface area contributed by atoms with E-state index in [1.165, 1.54) is 12.1 Å². The fraction of sp³-hybridized carbons (Fsp3) is 0.462. The Labute approximate surface area is 103 Å². The second kappa shape index (κ2) is 4.23. The van der Waals surface area contributed by atoms with Crippen molar-refractivity contribution in [2.75, 3.05) is 5.32 Å². The summed E-state index contributed by atoms with van der Waals surface area (Å²) in [6.45, 7) is 0. The molecule has 0 aliphatic heterocycles. The molecule has 18 heavy (non-hydrogen) atoms. The standard InChI is InChI=1S/C13H14F2N2O/c14-9-3-4-11(10(15)6-9)16-12-7-1-2-8(5-7)13(12)17-18/h3-4,6-8,12,16,18H,1-2,5H2/b17-13-. The molecule has 3 unspecified atom stereocenters. The Morgan fingerprint density at radius 1 is 1.28 bits per heavy atom. The highest BCUT2D eigenvalue weighted by molar-refractivity contribution is 5.96. The molecule has 2 bridgehead atoms. The lowest BCUT2D eigenvalue weighted by molar-refractivity contribution is 0.312. The third-order valence-electron chi connectivity index (χ3n) is 4.04. The number of fused-ring (bicyclic) bond motifs is 2. The molecule has 3 rings (SSSR count). The maximum Gasteiger partial charge on any atom is 0.149 e. The first-order chi connectivity index (χ1) is 8.69. The zero-order valence-electron chi connectivity index (χ0n) is 9.74. The summed E-state index contributed by atoms with van der Waals surface area (Å²) in [6, 6.07) is 3.32. The minimum Gasteiger partial charge on any atom is -0.411 e. The maximum absolute atomic E-state index is 13.6. The molecule has 1 aromatic carbocycles. The van der Waals surface area contributed by atoms with Gasteiger partial charge in [0.05, 0.1) is 17.4 Å². The predicted octanol–water partition coefficient (Wildman–Crippen LogP) is 3.01. The van der Waals surface area contributed by atoms with Crippen molar-refractivity contribution < 1.29 is 14.0 Å². The van der Waals surface area contributed by atoms with E-state index in [0.29, 0.717) is 17.5 Å². The van der Waals surface area contributed by atoms with Gasteiger partial charge in [-0.15, -0.1) is 0 Å². The van der Waals surface area contributed by atoms with Crippen LogP contribution in [0.3, 0.4) is 0 Å². The van der Waals surface area contributed by atoms with Gasteiger partial charge in [-0.2, -0.15) is 0 Å². The topological polar surface area (TPSA) is 44.6 Å². The minimum atomic E-state index is -0.616. The Bertz CT molecular complexity index is 504. The summed E-state index contributed by atoms with van der Waals surface area (Å²) in [5.41, 5.74) is 0.963. The highest BCUT2D eigenvalue weighted by Crippen LogP contribution is 2.44. The molecule has 0 spiro atoms. The molecule has 3 atom stereocenters. The molecule has 2 aliphatic rings. The van der Waals surface area contributed by atoms with Crippen LogP contribution in [0.15, 0.2) is 23.4 Å². The number of nitrogens with zero attached hydrogens (tertiary/aromatic N) is 1. The zero-order chi connectivity index (χ0) is 12.7. The number of benzene rings is 1. The van der Waals surface area contributed by atoms with E-state index >= 15 is 0 Å². The van der Waals surface area contributed by atoms with E-state index < -0.39 is 11.6 Å². The Kier molecular flexibility index (Phi) is 2.69. The summed E-state index contributed by atoms with van der Waals surface area (Å²) < 4.78 is 26.4. The lowest BCUT2D eigenvalue weighted by Gasteiger charge is -2.25. The van der Waals surface area contributed by atoms with Crippen molar-refractivity contribution in [1.29, 1.82) is 0 Å². The third-order valence-corrected chi connectivity index (χ3v) is 4.04. The van der Waals surface area contributed by atoms with E-state index in [2.05, 4.69) is 10.5 Å². The molecule has 0 heterocycles. The van der Waals surface area contributed by atoms with Crippen LogP contribution in [0, 0.1) is 23.5 Å². The molecule has 0 aromatic heterocycles. The van der Waals surface area contributed by atoms with Crippen LogP contribution in [0.2, 0.25) is 0 Å². The van der Waals surface area contributed by atoms with Gasteiger partial charge < -0.3 is 10.5 Å². The summed E-state index contributed by atoms with van der Waals surface area (Å²) in [6.07, 6.45) is 3.08. The monoisotopic (exact) mass is 252 g/mol. The first kappa shape index (κ1) is 11.4. The Morgan fingerprint density at radius 3 is 2.83 bits per heavy atom. The number of hydrogen-bond donors (Lipinski definition) is 2. The van der Waals surface area contributed by atoms with Gasteiger partial charge in [0.15, 0.2) is 0 Å². The molecular weight excluding hydrogens is 238 g/mol. The molecule has 2 saturated carbocycles. The highest BCUT2D eigenvalue weighted by atomic mass is 19.1. The Hall–Kier alpha value is -1.65. The first-order valence-corrected chi connectivity index (χ1v) is 6.12. The fourth-order valence-corrected chi connectivity index (χ4v) is 3.19. The summed E-state index contributed by atoms with van der Waals surface area (Å²) in [4.78, 5) is 0. The number of anilines is 1. The second-order valence-electron chi connectivity index (χ2n) is 5.04. The van der Waals surface area contributed by atoms with Crippen LogP contribution in [0.4, 0.5) is 14.5 Å². The van der Waals surface area contributed by atoms with Gasteiger partial charge >= 0.3 is 0 Å². The SMILES string of the molecule is O/N=C1/C2CCC(C2)C1Nc1ccc(F)cc1F.